The first-order valence-electron chi connectivity index (χ1n) is 7.85. The minimum absolute atomic E-state index is 0.315. The van der Waals surface area contributed by atoms with Crippen molar-refractivity contribution in [1.29, 1.82) is 0 Å². The van der Waals surface area contributed by atoms with Gasteiger partial charge in [0.2, 0.25) is 0 Å². The van der Waals surface area contributed by atoms with Crippen molar-refractivity contribution in [3.8, 4) is 5.75 Å². The Morgan fingerprint density at radius 3 is 2.25 bits per heavy atom. The first kappa shape index (κ1) is 13.0. The number of benzene rings is 1. The molecule has 2 N–H and O–H groups in total. The van der Waals surface area contributed by atoms with Crippen molar-refractivity contribution < 1.29 is 5.11 Å². The molecule has 1 aromatic carbocycles. The van der Waals surface area contributed by atoms with Gasteiger partial charge in [0, 0.05) is 22.7 Å². The van der Waals surface area contributed by atoms with Crippen LogP contribution in [0.2, 0.25) is 5.02 Å². The predicted molar refractivity (Wildman–Crippen MR) is 80.9 cm³/mol. The lowest BCUT2D eigenvalue weighted by molar-refractivity contribution is -0.0206. The SMILES string of the molecule is Oc1cccc(Cl)c1CNC12CC3CC(CC(C3)C1)C2. The van der Waals surface area contributed by atoms with Crippen molar-refractivity contribution in [3.63, 3.8) is 0 Å². The van der Waals surface area contributed by atoms with E-state index in [4.69, 9.17) is 11.6 Å². The topological polar surface area (TPSA) is 32.3 Å². The van der Waals surface area contributed by atoms with Gasteiger partial charge in [0.05, 0.1) is 0 Å². The molecule has 0 heterocycles. The zero-order valence-corrected chi connectivity index (χ0v) is 12.5. The van der Waals surface area contributed by atoms with Crippen LogP contribution in [0.15, 0.2) is 18.2 Å². The van der Waals surface area contributed by atoms with Crippen LogP contribution < -0.4 is 5.32 Å². The number of aromatic hydroxyl groups is 1. The smallest absolute Gasteiger partial charge is 0.121 e. The van der Waals surface area contributed by atoms with Crippen LogP contribution in [0, 0.1) is 17.8 Å². The standard InChI is InChI=1S/C17H22ClNO/c18-15-2-1-3-16(20)14(15)10-19-17-7-11-4-12(8-17)6-13(5-11)9-17/h1-3,11-13,19-20H,4-10H2. The van der Waals surface area contributed by atoms with Gasteiger partial charge in [-0.25, -0.2) is 0 Å². The number of hydrogen-bond acceptors (Lipinski definition) is 2. The molecule has 1 aromatic rings. The molecule has 0 spiro atoms. The Bertz CT molecular complexity index is 472. The van der Waals surface area contributed by atoms with Crippen LogP contribution in [0.1, 0.15) is 44.1 Å². The second-order valence-electron chi connectivity index (χ2n) is 7.29. The Morgan fingerprint density at radius 2 is 1.70 bits per heavy atom. The van der Waals surface area contributed by atoms with Crippen molar-refractivity contribution in [2.75, 3.05) is 0 Å². The predicted octanol–water partition coefficient (Wildman–Crippen LogP) is 4.10. The van der Waals surface area contributed by atoms with Gasteiger partial charge in [-0.2, -0.15) is 0 Å². The molecule has 0 radical (unpaired) electrons. The minimum Gasteiger partial charge on any atom is -0.508 e. The van der Waals surface area contributed by atoms with Gasteiger partial charge in [-0.1, -0.05) is 17.7 Å². The molecule has 4 bridgehead atoms. The molecule has 0 aromatic heterocycles. The van der Waals surface area contributed by atoms with Gasteiger partial charge in [0.1, 0.15) is 5.75 Å². The molecule has 2 nitrogen and oxygen atoms in total. The number of hydrogen-bond donors (Lipinski definition) is 2. The normalized spacial score (nSPS) is 38.4. The molecule has 0 unspecified atom stereocenters. The number of halogens is 1. The maximum absolute atomic E-state index is 9.98. The van der Waals surface area contributed by atoms with E-state index in [0.717, 1.165) is 23.3 Å². The number of phenols is 1. The molecule has 0 atom stereocenters. The van der Waals surface area contributed by atoms with E-state index >= 15 is 0 Å². The highest BCUT2D eigenvalue weighted by Crippen LogP contribution is 2.55. The minimum atomic E-state index is 0.315. The molecule has 4 fully saturated rings. The van der Waals surface area contributed by atoms with E-state index < -0.39 is 0 Å². The Morgan fingerprint density at radius 1 is 1.10 bits per heavy atom. The molecule has 0 aliphatic heterocycles. The van der Waals surface area contributed by atoms with Crippen LogP contribution in [0.3, 0.4) is 0 Å². The van der Waals surface area contributed by atoms with Gasteiger partial charge in [0.25, 0.3) is 0 Å². The summed E-state index contributed by atoms with van der Waals surface area (Å²) in [6, 6.07) is 5.38. The average molecular weight is 292 g/mol. The summed E-state index contributed by atoms with van der Waals surface area (Å²) in [6.45, 7) is 0.692. The van der Waals surface area contributed by atoms with Crippen molar-refractivity contribution in [2.24, 2.45) is 17.8 Å². The van der Waals surface area contributed by atoms with E-state index in [-0.39, 0.29) is 0 Å². The van der Waals surface area contributed by atoms with Gasteiger partial charge in [-0.15, -0.1) is 0 Å². The molecule has 4 aliphatic carbocycles. The number of rotatable bonds is 3. The summed E-state index contributed by atoms with van der Waals surface area (Å²) in [5.41, 5.74) is 1.17. The summed E-state index contributed by atoms with van der Waals surface area (Å²) < 4.78 is 0. The van der Waals surface area contributed by atoms with Crippen molar-refractivity contribution in [2.45, 2.75) is 50.6 Å². The monoisotopic (exact) mass is 291 g/mol. The summed E-state index contributed by atoms with van der Waals surface area (Å²) in [7, 11) is 0. The van der Waals surface area contributed by atoms with E-state index in [2.05, 4.69) is 5.32 Å². The summed E-state index contributed by atoms with van der Waals surface area (Å²) in [6.07, 6.45) is 8.34. The third-order valence-electron chi connectivity index (χ3n) is 5.77. The molecule has 5 rings (SSSR count). The number of phenolic OH excluding ortho intramolecular Hbond substituents is 1. The maximum atomic E-state index is 9.98. The van der Waals surface area contributed by atoms with E-state index in [1.54, 1.807) is 12.1 Å². The molecule has 3 heteroatoms. The van der Waals surface area contributed by atoms with Crippen LogP contribution in [-0.4, -0.2) is 10.6 Å². The Kier molecular flexibility index (Phi) is 3.01. The first-order valence-corrected chi connectivity index (χ1v) is 8.23. The van der Waals surface area contributed by atoms with Crippen molar-refractivity contribution >= 4 is 11.6 Å². The fourth-order valence-electron chi connectivity index (χ4n) is 5.33. The van der Waals surface area contributed by atoms with Gasteiger partial charge in [-0.3, -0.25) is 0 Å². The second kappa shape index (κ2) is 4.64. The van der Waals surface area contributed by atoms with Crippen molar-refractivity contribution in [3.05, 3.63) is 28.8 Å². The Balaban J connectivity index is 1.52. The van der Waals surface area contributed by atoms with Crippen LogP contribution in [0.5, 0.6) is 5.75 Å². The largest absolute Gasteiger partial charge is 0.508 e. The fraction of sp³-hybridized carbons (Fsp3) is 0.647. The van der Waals surface area contributed by atoms with Gasteiger partial charge in [0.15, 0.2) is 0 Å². The fourth-order valence-corrected chi connectivity index (χ4v) is 5.56. The van der Waals surface area contributed by atoms with Gasteiger partial charge >= 0.3 is 0 Å². The van der Waals surface area contributed by atoms with E-state index in [0.29, 0.717) is 22.9 Å². The van der Waals surface area contributed by atoms with Crippen LogP contribution in [-0.2, 0) is 6.54 Å². The van der Waals surface area contributed by atoms with E-state index in [1.165, 1.54) is 38.5 Å². The van der Waals surface area contributed by atoms with Crippen molar-refractivity contribution in [1.82, 2.24) is 5.32 Å². The van der Waals surface area contributed by atoms with E-state index in [1.807, 2.05) is 6.07 Å². The zero-order chi connectivity index (χ0) is 13.7. The van der Waals surface area contributed by atoms with Crippen LogP contribution >= 0.6 is 11.6 Å². The third-order valence-corrected chi connectivity index (χ3v) is 6.13. The molecule has 20 heavy (non-hydrogen) atoms. The third kappa shape index (κ3) is 2.14. The highest BCUT2D eigenvalue weighted by atomic mass is 35.5. The summed E-state index contributed by atoms with van der Waals surface area (Å²) in [5.74, 6) is 3.13. The lowest BCUT2D eigenvalue weighted by Gasteiger charge is -2.57. The second-order valence-corrected chi connectivity index (χ2v) is 7.70. The Labute approximate surface area is 125 Å². The summed E-state index contributed by atoms with van der Waals surface area (Å²) in [4.78, 5) is 0. The zero-order valence-electron chi connectivity index (χ0n) is 11.7. The average Bonchev–Trinajstić information content (AvgIpc) is 2.36. The molecule has 4 aliphatic rings. The highest BCUT2D eigenvalue weighted by molar-refractivity contribution is 6.31. The van der Waals surface area contributed by atoms with Crippen LogP contribution in [0.25, 0.3) is 0 Å². The molecule has 0 saturated heterocycles. The van der Waals surface area contributed by atoms with Gasteiger partial charge < -0.3 is 10.4 Å². The Hall–Kier alpha value is -0.730. The molecule has 4 saturated carbocycles. The lowest BCUT2D eigenvalue weighted by atomic mass is 9.53. The number of nitrogens with one attached hydrogen (secondary N) is 1. The maximum Gasteiger partial charge on any atom is 0.121 e. The summed E-state index contributed by atoms with van der Waals surface area (Å²) in [5, 5.41) is 14.4. The lowest BCUT2D eigenvalue weighted by Crippen LogP contribution is -2.58. The highest BCUT2D eigenvalue weighted by Gasteiger charge is 2.50. The first-order chi connectivity index (χ1) is 9.63. The molecule has 0 amide bonds. The molecule has 108 valence electrons. The van der Waals surface area contributed by atoms with Crippen LogP contribution in [0.4, 0.5) is 0 Å². The van der Waals surface area contributed by atoms with Gasteiger partial charge in [-0.05, 0) is 68.4 Å². The van der Waals surface area contributed by atoms with E-state index in [9.17, 15) is 5.11 Å². The molecular weight excluding hydrogens is 270 g/mol. The summed E-state index contributed by atoms with van der Waals surface area (Å²) >= 11 is 6.22. The molecular formula is C17H22ClNO. The quantitative estimate of drug-likeness (QED) is 0.878.